The van der Waals surface area contributed by atoms with Crippen LogP contribution in [0.2, 0.25) is 5.02 Å². The van der Waals surface area contributed by atoms with E-state index < -0.39 is 0 Å². The van der Waals surface area contributed by atoms with Crippen LogP contribution in [0.1, 0.15) is 37.4 Å². The summed E-state index contributed by atoms with van der Waals surface area (Å²) in [4.78, 5) is 25.5. The van der Waals surface area contributed by atoms with Gasteiger partial charge in [0.1, 0.15) is 12.2 Å². The first-order chi connectivity index (χ1) is 19.5. The highest BCUT2D eigenvalue weighted by Crippen LogP contribution is 2.39. The fourth-order valence-corrected chi connectivity index (χ4v) is 5.95. The van der Waals surface area contributed by atoms with E-state index in [1.165, 1.54) is 10.7 Å². The highest BCUT2D eigenvalue weighted by Gasteiger charge is 2.48. The van der Waals surface area contributed by atoms with E-state index in [-0.39, 0.29) is 35.9 Å². The molecule has 0 bridgehead atoms. The number of nitrogens with one attached hydrogen (secondary N) is 2. The molecule has 0 saturated carbocycles. The first kappa shape index (κ1) is 25.9. The van der Waals surface area contributed by atoms with E-state index in [1.807, 2.05) is 16.7 Å². The van der Waals surface area contributed by atoms with Crippen LogP contribution in [0.25, 0.3) is 5.65 Å². The number of carbonyl (C=O) groups is 1. The number of ether oxygens (including phenoxy) is 2. The number of amides is 1. The van der Waals surface area contributed by atoms with Gasteiger partial charge in [0.25, 0.3) is 0 Å². The molecule has 5 heterocycles. The average Bonchev–Trinajstić information content (AvgIpc) is 3.54. The molecule has 1 amide bonds. The van der Waals surface area contributed by atoms with Crippen molar-refractivity contribution in [1.82, 2.24) is 24.5 Å². The second kappa shape index (κ2) is 10.7. The third-order valence-electron chi connectivity index (χ3n) is 7.52. The number of nitriles is 2. The number of aromatic nitrogens is 4. The van der Waals surface area contributed by atoms with Crippen molar-refractivity contribution in [3.63, 3.8) is 0 Å². The van der Waals surface area contributed by atoms with Crippen LogP contribution in [0.4, 0.5) is 27.9 Å². The van der Waals surface area contributed by atoms with Crippen molar-refractivity contribution < 1.29 is 14.3 Å². The van der Waals surface area contributed by atoms with Crippen LogP contribution < -0.4 is 15.5 Å². The highest BCUT2D eigenvalue weighted by molar-refractivity contribution is 6.36. The first-order valence-electron chi connectivity index (χ1n) is 13.2. The summed E-state index contributed by atoms with van der Waals surface area (Å²) in [6, 6.07) is 7.75. The molecule has 13 nitrogen and oxygen atoms in total. The zero-order valence-corrected chi connectivity index (χ0v) is 22.6. The zero-order chi connectivity index (χ0) is 27.8. The molecular weight excluding hydrogens is 536 g/mol. The van der Waals surface area contributed by atoms with Crippen molar-refractivity contribution in [3.05, 3.63) is 34.6 Å². The Morgan fingerprint density at radius 3 is 2.77 bits per heavy atom. The van der Waals surface area contributed by atoms with E-state index >= 15 is 0 Å². The number of fused-ring (bicyclic) bond motifs is 2. The molecule has 3 saturated heterocycles. The van der Waals surface area contributed by atoms with Crippen LogP contribution in [-0.4, -0.2) is 81.6 Å². The number of hydrogen-bond donors (Lipinski definition) is 2. The molecule has 1 aromatic carbocycles. The molecular formula is C26H27ClN10O3. The summed E-state index contributed by atoms with van der Waals surface area (Å²) in [6.07, 6.45) is 3.19. The normalized spacial score (nSPS) is 21.1. The van der Waals surface area contributed by atoms with Gasteiger partial charge in [0, 0.05) is 32.3 Å². The Hall–Kier alpha value is -4.33. The number of imidazole rings is 1. The smallest absolute Gasteiger partial charge is 0.410 e. The number of hydrogen-bond acceptors (Lipinski definition) is 11. The molecule has 40 heavy (non-hydrogen) atoms. The Labute approximate surface area is 235 Å². The molecule has 14 heteroatoms. The lowest BCUT2D eigenvalue weighted by Crippen LogP contribution is -2.52. The second-order valence-corrected chi connectivity index (χ2v) is 10.3. The summed E-state index contributed by atoms with van der Waals surface area (Å²) in [5.41, 5.74) is 2.15. The third kappa shape index (κ3) is 4.57. The highest BCUT2D eigenvalue weighted by atomic mass is 35.5. The molecule has 2 N–H and O–H groups in total. The Kier molecular flexibility index (Phi) is 6.92. The van der Waals surface area contributed by atoms with Gasteiger partial charge in [0.15, 0.2) is 17.2 Å². The molecule has 6 rings (SSSR count). The maximum absolute atomic E-state index is 12.8. The number of piperidine rings is 1. The van der Waals surface area contributed by atoms with E-state index in [0.29, 0.717) is 72.7 Å². The van der Waals surface area contributed by atoms with Gasteiger partial charge in [-0.15, -0.1) is 5.10 Å². The van der Waals surface area contributed by atoms with E-state index in [9.17, 15) is 15.3 Å². The fourth-order valence-electron chi connectivity index (χ4n) is 5.68. The maximum atomic E-state index is 12.8. The summed E-state index contributed by atoms with van der Waals surface area (Å²) in [5, 5.41) is 30.3. The van der Waals surface area contributed by atoms with Gasteiger partial charge in [0.05, 0.1) is 46.8 Å². The predicted molar refractivity (Wildman–Crippen MR) is 146 cm³/mol. The summed E-state index contributed by atoms with van der Waals surface area (Å²) < 4.78 is 12.7. The van der Waals surface area contributed by atoms with Crippen LogP contribution in [0.3, 0.4) is 0 Å². The molecule has 206 valence electrons. The van der Waals surface area contributed by atoms with Gasteiger partial charge in [-0.05, 0) is 38.3 Å². The number of carbonyl (C=O) groups excluding carboxylic acids is 1. The van der Waals surface area contributed by atoms with Gasteiger partial charge in [-0.25, -0.2) is 9.78 Å². The minimum atomic E-state index is -0.304. The number of anilines is 4. The zero-order valence-electron chi connectivity index (χ0n) is 21.8. The summed E-state index contributed by atoms with van der Waals surface area (Å²) >= 11 is 6.91. The van der Waals surface area contributed by atoms with Gasteiger partial charge in [-0.3, -0.25) is 4.90 Å². The first-order valence-corrected chi connectivity index (χ1v) is 13.6. The minimum absolute atomic E-state index is 0.00325. The Morgan fingerprint density at radius 1 is 1.20 bits per heavy atom. The Morgan fingerprint density at radius 2 is 2.02 bits per heavy atom. The van der Waals surface area contributed by atoms with Gasteiger partial charge in [-0.1, -0.05) is 11.6 Å². The van der Waals surface area contributed by atoms with Gasteiger partial charge >= 0.3 is 6.09 Å². The average molecular weight is 563 g/mol. The minimum Gasteiger partial charge on any atom is -0.442 e. The lowest BCUT2D eigenvalue weighted by molar-refractivity contribution is 0.0381. The van der Waals surface area contributed by atoms with E-state index in [1.54, 1.807) is 12.1 Å². The van der Waals surface area contributed by atoms with Crippen molar-refractivity contribution >= 4 is 46.5 Å². The Balaban J connectivity index is 1.28. The molecule has 0 aliphatic carbocycles. The lowest BCUT2D eigenvalue weighted by Gasteiger charge is -2.40. The molecule has 2 atom stereocenters. The summed E-state index contributed by atoms with van der Waals surface area (Å²) in [5.74, 6) is 0.630. The number of rotatable bonds is 6. The number of benzene rings is 1. The topological polar surface area (TPSA) is 157 Å². The molecule has 0 spiro atoms. The van der Waals surface area contributed by atoms with E-state index in [4.69, 9.17) is 21.1 Å². The van der Waals surface area contributed by atoms with Gasteiger partial charge < -0.3 is 25.0 Å². The van der Waals surface area contributed by atoms with Crippen LogP contribution in [0.5, 0.6) is 0 Å². The fraction of sp³-hybridized carbons (Fsp3) is 0.462. The molecule has 3 aliphatic rings. The molecule has 3 aromatic rings. The lowest BCUT2D eigenvalue weighted by atomic mass is 9.97. The van der Waals surface area contributed by atoms with Crippen LogP contribution in [0, 0.1) is 22.7 Å². The number of halogens is 1. The summed E-state index contributed by atoms with van der Waals surface area (Å²) in [6.45, 7) is 4.90. The van der Waals surface area contributed by atoms with E-state index in [0.717, 1.165) is 12.8 Å². The van der Waals surface area contributed by atoms with Gasteiger partial charge in [-0.2, -0.15) is 20.0 Å². The van der Waals surface area contributed by atoms with Crippen LogP contribution in [0.15, 0.2) is 18.3 Å². The molecule has 0 unspecified atom stereocenters. The van der Waals surface area contributed by atoms with Crippen molar-refractivity contribution in [2.75, 3.05) is 48.4 Å². The molecule has 3 fully saturated rings. The quantitative estimate of drug-likeness (QED) is 0.454. The standard InChI is InChI=1S/C26H27ClN10O3/c1-2-30-23-24-31-13-17(12-29)37(24)34-25(33-23)32-18-9-15(11-28)10-20(22(18)27)35-6-3-19-21(14-35)40-26(38)36(19)16-4-7-39-8-5-16/h9-10,13,16,19,21H,2-8,14H2,1H3,(H2,30,32,33,34)/t19-,21-/m1/s1. The van der Waals surface area contributed by atoms with E-state index in [2.05, 4.69) is 37.8 Å². The van der Waals surface area contributed by atoms with Crippen molar-refractivity contribution in [3.8, 4) is 12.1 Å². The Bertz CT molecular complexity index is 1540. The van der Waals surface area contributed by atoms with Gasteiger partial charge in [0.2, 0.25) is 5.95 Å². The largest absolute Gasteiger partial charge is 0.442 e. The summed E-state index contributed by atoms with van der Waals surface area (Å²) in [7, 11) is 0. The molecule has 0 radical (unpaired) electrons. The maximum Gasteiger partial charge on any atom is 0.410 e. The van der Waals surface area contributed by atoms with Crippen molar-refractivity contribution in [2.45, 2.75) is 44.4 Å². The SMILES string of the molecule is CCNc1nc(Nc2cc(C#N)cc(N3CC[C@@H]4[C@@H](C3)OC(=O)N4C3CCOCC3)c2Cl)nn2c(C#N)cnc12. The van der Waals surface area contributed by atoms with Crippen LogP contribution >= 0.6 is 11.6 Å². The predicted octanol–water partition coefficient (Wildman–Crippen LogP) is 3.27. The van der Waals surface area contributed by atoms with Crippen molar-refractivity contribution in [2.24, 2.45) is 0 Å². The third-order valence-corrected chi connectivity index (χ3v) is 7.92. The second-order valence-electron chi connectivity index (χ2n) is 9.87. The van der Waals surface area contributed by atoms with Crippen LogP contribution in [-0.2, 0) is 9.47 Å². The monoisotopic (exact) mass is 562 g/mol. The molecule has 3 aliphatic heterocycles. The number of nitrogens with zero attached hydrogens (tertiary/aromatic N) is 8. The van der Waals surface area contributed by atoms with Crippen molar-refractivity contribution in [1.29, 1.82) is 10.5 Å². The molecule has 2 aromatic heterocycles.